The number of aliphatic hydroxyl groups is 2. The molecular formula is C20H27N4O11PS. The van der Waals surface area contributed by atoms with Gasteiger partial charge in [-0.25, -0.2) is 14.2 Å². The highest BCUT2D eigenvalue weighted by Gasteiger charge is 2.40. The second-order valence-electron chi connectivity index (χ2n) is 8.88. The number of H-pyrrole nitrogens is 2. The summed E-state index contributed by atoms with van der Waals surface area (Å²) in [4.78, 5) is 61.8. The Balaban J connectivity index is 1.31. The molecule has 2 saturated heterocycles. The summed E-state index contributed by atoms with van der Waals surface area (Å²) in [5.41, 5.74) is -1.94. The van der Waals surface area contributed by atoms with Crippen molar-refractivity contribution in [1.82, 2.24) is 19.1 Å². The Morgan fingerprint density at radius 1 is 0.946 bits per heavy atom. The van der Waals surface area contributed by atoms with Gasteiger partial charge in [-0.05, 0) is 25.2 Å². The lowest BCUT2D eigenvalue weighted by molar-refractivity contribution is -0.0416. The molecule has 0 amide bonds. The smallest absolute Gasteiger partial charge is 0.386 e. The molecule has 0 radical (unpaired) electrons. The monoisotopic (exact) mass is 562 g/mol. The van der Waals surface area contributed by atoms with E-state index in [0.29, 0.717) is 11.4 Å². The molecule has 0 saturated carbocycles. The van der Waals surface area contributed by atoms with Gasteiger partial charge in [0.15, 0.2) is 0 Å². The van der Waals surface area contributed by atoms with Crippen molar-refractivity contribution in [3.63, 3.8) is 0 Å². The summed E-state index contributed by atoms with van der Waals surface area (Å²) in [6, 6.07) is 0. The Bertz CT molecular complexity index is 1330. The Morgan fingerprint density at radius 3 is 1.92 bits per heavy atom. The second-order valence-corrected chi connectivity index (χ2v) is 12.8. The number of ether oxygens (including phenoxy) is 2. The maximum atomic E-state index is 12.5. The zero-order valence-corrected chi connectivity index (χ0v) is 21.5. The maximum Gasteiger partial charge on any atom is 0.386 e. The van der Waals surface area contributed by atoms with Gasteiger partial charge in [-0.15, -0.1) is 0 Å². The number of nitrogens with zero attached hydrogens (tertiary/aromatic N) is 2. The number of aromatic nitrogens is 4. The predicted molar refractivity (Wildman–Crippen MR) is 129 cm³/mol. The third kappa shape index (κ3) is 6.23. The highest BCUT2D eigenvalue weighted by molar-refractivity contribution is 8.54. The van der Waals surface area contributed by atoms with E-state index < -0.39 is 72.8 Å². The van der Waals surface area contributed by atoms with Crippen LogP contribution in [0.2, 0.25) is 0 Å². The van der Waals surface area contributed by atoms with Crippen molar-refractivity contribution in [2.24, 2.45) is 0 Å². The highest BCUT2D eigenvalue weighted by Crippen LogP contribution is 2.57. The molecule has 204 valence electrons. The molecular weight excluding hydrogens is 535 g/mol. The van der Waals surface area contributed by atoms with E-state index >= 15 is 0 Å². The lowest BCUT2D eigenvalue weighted by atomic mass is 10.2. The topological polar surface area (TPSA) is 215 Å². The molecule has 2 aliphatic rings. The van der Waals surface area contributed by atoms with Crippen molar-refractivity contribution < 1.29 is 33.7 Å². The average Bonchev–Trinajstić information content (AvgIpc) is 3.38. The van der Waals surface area contributed by atoms with Crippen LogP contribution in [0.5, 0.6) is 0 Å². The molecule has 0 bridgehead atoms. The first-order valence-electron chi connectivity index (χ1n) is 11.3. The molecule has 4 heterocycles. The molecule has 2 fully saturated rings. The standard InChI is InChI=1S/C20H27N4O11PS/c1-9-5-23(19(29)21-17(9)27)15-3-11(25)13(34-15)7-33-36(31,32)37-8-14-12(26)4-16(35-14)24-6-10(2)18(28)22-20(24)30/h5-6,11-16,25-26H,3-4,7-8H2,1-2H3,(H,31,32)(H,21,27,29)(H,22,28,30)/t11-,12-,13+,14+,15+,16+/m0/s1. The highest BCUT2D eigenvalue weighted by atomic mass is 32.7. The van der Waals surface area contributed by atoms with Crippen molar-refractivity contribution in [2.45, 2.75) is 63.6 Å². The molecule has 0 aliphatic carbocycles. The third-order valence-corrected chi connectivity index (χ3v) is 9.15. The third-order valence-electron chi connectivity index (χ3n) is 6.12. The number of aryl methyl sites for hydroxylation is 2. The fraction of sp³-hybridized carbons (Fsp3) is 0.600. The first kappa shape index (κ1) is 27.7. The van der Waals surface area contributed by atoms with Gasteiger partial charge in [0.05, 0.1) is 24.9 Å². The molecule has 1 unspecified atom stereocenters. The van der Waals surface area contributed by atoms with Crippen LogP contribution in [0.25, 0.3) is 0 Å². The summed E-state index contributed by atoms with van der Waals surface area (Å²) < 4.78 is 31.2. The molecule has 2 aromatic heterocycles. The van der Waals surface area contributed by atoms with E-state index in [1.165, 1.54) is 26.2 Å². The van der Waals surface area contributed by atoms with E-state index in [0.717, 1.165) is 9.13 Å². The average molecular weight is 562 g/mol. The van der Waals surface area contributed by atoms with Crippen molar-refractivity contribution in [3.8, 4) is 0 Å². The second kappa shape index (κ2) is 10.8. The Kier molecular flexibility index (Phi) is 8.11. The molecule has 17 heteroatoms. The normalized spacial score (nSPS) is 29.4. The number of aliphatic hydroxyl groups excluding tert-OH is 2. The number of aromatic amines is 2. The van der Waals surface area contributed by atoms with Gasteiger partial charge < -0.3 is 24.6 Å². The summed E-state index contributed by atoms with van der Waals surface area (Å²) in [5.74, 6) is -0.148. The summed E-state index contributed by atoms with van der Waals surface area (Å²) in [6.07, 6.45) is -3.20. The van der Waals surface area contributed by atoms with Gasteiger partial charge >= 0.3 is 18.2 Å². The first-order chi connectivity index (χ1) is 17.3. The van der Waals surface area contributed by atoms with E-state index in [4.69, 9.17) is 14.0 Å². The molecule has 37 heavy (non-hydrogen) atoms. The first-order valence-corrected chi connectivity index (χ1v) is 14.4. The Hall–Kier alpha value is -2.30. The quantitative estimate of drug-likeness (QED) is 0.241. The van der Waals surface area contributed by atoms with Crippen LogP contribution in [0.3, 0.4) is 0 Å². The van der Waals surface area contributed by atoms with Crippen LogP contribution in [0, 0.1) is 13.8 Å². The number of hydrogen-bond donors (Lipinski definition) is 5. The summed E-state index contributed by atoms with van der Waals surface area (Å²) >= 11 is 0.501. The Labute approximate surface area is 212 Å². The summed E-state index contributed by atoms with van der Waals surface area (Å²) in [5, 5.41) is 20.6. The van der Waals surface area contributed by atoms with Crippen LogP contribution < -0.4 is 22.5 Å². The summed E-state index contributed by atoms with van der Waals surface area (Å²) in [7, 11) is 0. The molecule has 15 nitrogen and oxygen atoms in total. The zero-order chi connectivity index (χ0) is 27.1. The van der Waals surface area contributed by atoms with Crippen LogP contribution in [-0.2, 0) is 18.6 Å². The van der Waals surface area contributed by atoms with Crippen LogP contribution in [0.4, 0.5) is 0 Å². The lowest BCUT2D eigenvalue weighted by Gasteiger charge is -2.20. The van der Waals surface area contributed by atoms with E-state index in [1.807, 2.05) is 0 Å². The molecule has 4 rings (SSSR count). The van der Waals surface area contributed by atoms with Gasteiger partial charge in [0.2, 0.25) is 0 Å². The molecule has 0 spiro atoms. The fourth-order valence-electron chi connectivity index (χ4n) is 4.04. The lowest BCUT2D eigenvalue weighted by Crippen LogP contribution is -2.33. The van der Waals surface area contributed by atoms with E-state index in [9.17, 15) is 38.8 Å². The van der Waals surface area contributed by atoms with Crippen LogP contribution in [-0.4, -0.2) is 71.0 Å². The molecule has 2 aliphatic heterocycles. The van der Waals surface area contributed by atoms with Crippen molar-refractivity contribution >= 4 is 18.2 Å². The van der Waals surface area contributed by atoms with Gasteiger partial charge in [-0.3, -0.25) is 33.2 Å². The van der Waals surface area contributed by atoms with Gasteiger partial charge in [-0.1, -0.05) is 0 Å². The molecule has 2 aromatic rings. The van der Waals surface area contributed by atoms with Gasteiger partial charge in [0.1, 0.15) is 18.6 Å². The van der Waals surface area contributed by atoms with Crippen molar-refractivity contribution in [1.29, 1.82) is 0 Å². The van der Waals surface area contributed by atoms with E-state index in [-0.39, 0.29) is 29.7 Å². The largest absolute Gasteiger partial charge is 0.390 e. The maximum absolute atomic E-state index is 12.5. The van der Waals surface area contributed by atoms with Crippen LogP contribution >= 0.6 is 18.2 Å². The number of rotatable bonds is 8. The van der Waals surface area contributed by atoms with E-state index in [2.05, 4.69) is 9.97 Å². The predicted octanol–water partition coefficient (Wildman–Crippen LogP) is -1.15. The minimum absolute atomic E-state index is 0.00458. The van der Waals surface area contributed by atoms with E-state index in [1.54, 1.807) is 0 Å². The van der Waals surface area contributed by atoms with Crippen molar-refractivity contribution in [3.05, 3.63) is 65.2 Å². The van der Waals surface area contributed by atoms with Gasteiger partial charge in [0, 0.05) is 42.1 Å². The molecule has 5 N–H and O–H groups in total. The zero-order valence-electron chi connectivity index (χ0n) is 19.8. The van der Waals surface area contributed by atoms with Gasteiger partial charge in [-0.2, -0.15) is 0 Å². The minimum Gasteiger partial charge on any atom is -0.390 e. The minimum atomic E-state index is -4.28. The van der Waals surface area contributed by atoms with Crippen molar-refractivity contribution in [2.75, 3.05) is 12.4 Å². The van der Waals surface area contributed by atoms with Gasteiger partial charge in [0.25, 0.3) is 11.1 Å². The summed E-state index contributed by atoms with van der Waals surface area (Å²) in [6.45, 7) is -1.72. The number of hydrogen-bond acceptors (Lipinski definition) is 11. The fourth-order valence-corrected chi connectivity index (χ4v) is 6.50. The van der Waals surface area contributed by atoms with Crippen LogP contribution in [0.15, 0.2) is 31.6 Å². The molecule has 7 atom stereocenters. The molecule has 0 aromatic carbocycles. The van der Waals surface area contributed by atoms with Crippen LogP contribution in [0.1, 0.15) is 36.4 Å². The SMILES string of the molecule is Cc1cn([C@H]2C[C@H](O)[C@@H](COP(=O)(O)SC[C@H]3O[C@@H](n4cc(C)c(=O)[nH]c4=O)C[C@@H]3O)O2)c(=O)[nH]c1=O. The number of nitrogens with one attached hydrogen (secondary N) is 2. The Morgan fingerprint density at radius 2 is 1.41 bits per heavy atom.